The van der Waals surface area contributed by atoms with E-state index >= 15 is 0 Å². The predicted molar refractivity (Wildman–Crippen MR) is 102 cm³/mol. The second-order valence-electron chi connectivity index (χ2n) is 5.75. The van der Waals surface area contributed by atoms with E-state index in [9.17, 15) is 19.5 Å². The summed E-state index contributed by atoms with van der Waals surface area (Å²) in [7, 11) is 1.31. The average molecular weight is 381 g/mol. The lowest BCUT2D eigenvalue weighted by Gasteiger charge is -2.00. The standard InChI is InChI=1S/C20H15NO5S/c1-11-15-9-14(10-21-18(15)27-17(11)19(23)24)16(22)8-5-12-3-6-13(7-4-12)20(25)26-2/h3-10H,1-2H3,(H,23,24)/b8-5+. The van der Waals surface area contributed by atoms with E-state index in [1.165, 1.54) is 19.4 Å². The fourth-order valence-electron chi connectivity index (χ4n) is 2.55. The number of carbonyl (C=O) groups excluding carboxylic acids is 2. The maximum absolute atomic E-state index is 12.4. The van der Waals surface area contributed by atoms with Crippen molar-refractivity contribution >= 4 is 45.4 Å². The van der Waals surface area contributed by atoms with Crippen LogP contribution in [0.2, 0.25) is 0 Å². The lowest BCUT2D eigenvalue weighted by molar-refractivity contribution is 0.0599. The molecule has 0 aliphatic carbocycles. The van der Waals surface area contributed by atoms with Gasteiger partial charge in [0.05, 0.1) is 12.7 Å². The number of ketones is 1. The Bertz CT molecular complexity index is 1080. The van der Waals surface area contributed by atoms with E-state index < -0.39 is 11.9 Å². The highest BCUT2D eigenvalue weighted by Gasteiger charge is 2.16. The van der Waals surface area contributed by atoms with Crippen molar-refractivity contribution in [3.8, 4) is 0 Å². The number of hydrogen-bond donors (Lipinski definition) is 1. The molecule has 0 unspecified atom stereocenters. The van der Waals surface area contributed by atoms with Crippen molar-refractivity contribution in [3.63, 3.8) is 0 Å². The van der Waals surface area contributed by atoms with Crippen LogP contribution in [0.5, 0.6) is 0 Å². The van der Waals surface area contributed by atoms with Gasteiger partial charge >= 0.3 is 11.9 Å². The summed E-state index contributed by atoms with van der Waals surface area (Å²) in [4.78, 5) is 40.1. The molecule has 7 heteroatoms. The van der Waals surface area contributed by atoms with Crippen molar-refractivity contribution in [2.75, 3.05) is 7.11 Å². The van der Waals surface area contributed by atoms with Crippen LogP contribution in [0.4, 0.5) is 0 Å². The Morgan fingerprint density at radius 3 is 2.48 bits per heavy atom. The third-order valence-electron chi connectivity index (χ3n) is 4.03. The van der Waals surface area contributed by atoms with Crippen molar-refractivity contribution in [1.29, 1.82) is 0 Å². The molecule has 136 valence electrons. The first-order chi connectivity index (χ1) is 12.9. The first-order valence-electron chi connectivity index (χ1n) is 7.94. The molecule has 27 heavy (non-hydrogen) atoms. The topological polar surface area (TPSA) is 93.6 Å². The number of thiophene rings is 1. The lowest BCUT2D eigenvalue weighted by atomic mass is 10.1. The molecule has 1 aromatic carbocycles. The molecule has 0 saturated heterocycles. The number of aromatic carboxylic acids is 1. The minimum Gasteiger partial charge on any atom is -0.477 e. The number of allylic oxidation sites excluding steroid dienone is 1. The van der Waals surface area contributed by atoms with Crippen LogP contribution in [-0.2, 0) is 4.74 Å². The Balaban J connectivity index is 1.83. The number of benzene rings is 1. The SMILES string of the molecule is COC(=O)c1ccc(/C=C/C(=O)c2cnc3sc(C(=O)O)c(C)c3c2)cc1. The third kappa shape index (κ3) is 3.78. The molecule has 0 atom stereocenters. The Morgan fingerprint density at radius 1 is 1.15 bits per heavy atom. The summed E-state index contributed by atoms with van der Waals surface area (Å²) in [6, 6.07) is 8.31. The number of esters is 1. The largest absolute Gasteiger partial charge is 0.477 e. The molecule has 0 aliphatic heterocycles. The van der Waals surface area contributed by atoms with E-state index in [1.54, 1.807) is 43.3 Å². The number of rotatable bonds is 5. The molecule has 3 rings (SSSR count). The minimum atomic E-state index is -1.00. The van der Waals surface area contributed by atoms with Crippen molar-refractivity contribution < 1.29 is 24.2 Å². The molecule has 0 aliphatic rings. The number of carboxylic acid groups (broad SMARTS) is 1. The monoisotopic (exact) mass is 381 g/mol. The molecule has 0 spiro atoms. The Morgan fingerprint density at radius 2 is 1.85 bits per heavy atom. The van der Waals surface area contributed by atoms with Gasteiger partial charge in [-0.3, -0.25) is 4.79 Å². The van der Waals surface area contributed by atoms with E-state index in [-0.39, 0.29) is 10.7 Å². The number of aromatic nitrogens is 1. The maximum atomic E-state index is 12.4. The number of methoxy groups -OCH3 is 1. The van der Waals surface area contributed by atoms with Crippen LogP contribution in [0.1, 0.15) is 41.5 Å². The molecular weight excluding hydrogens is 366 g/mol. The molecule has 0 amide bonds. The summed E-state index contributed by atoms with van der Waals surface area (Å²) in [6.45, 7) is 1.71. The summed E-state index contributed by atoms with van der Waals surface area (Å²) in [5.74, 6) is -1.67. The molecule has 1 N–H and O–H groups in total. The highest BCUT2D eigenvalue weighted by molar-refractivity contribution is 7.20. The fraction of sp³-hybridized carbons (Fsp3) is 0.100. The van der Waals surface area contributed by atoms with E-state index in [2.05, 4.69) is 9.72 Å². The molecule has 3 aromatic rings. The maximum Gasteiger partial charge on any atom is 0.346 e. The van der Waals surface area contributed by atoms with Gasteiger partial charge in [-0.1, -0.05) is 18.2 Å². The summed E-state index contributed by atoms with van der Waals surface area (Å²) < 4.78 is 4.64. The first-order valence-corrected chi connectivity index (χ1v) is 8.75. The van der Waals surface area contributed by atoms with Gasteiger partial charge in [-0.25, -0.2) is 14.6 Å². The molecule has 0 radical (unpaired) electrons. The van der Waals surface area contributed by atoms with Crippen LogP contribution < -0.4 is 0 Å². The van der Waals surface area contributed by atoms with Crippen molar-refractivity contribution in [3.05, 3.63) is 69.7 Å². The zero-order valence-electron chi connectivity index (χ0n) is 14.6. The molecular formula is C20H15NO5S. The molecule has 6 nitrogen and oxygen atoms in total. The summed E-state index contributed by atoms with van der Waals surface area (Å²) >= 11 is 1.09. The number of ether oxygens (including phenoxy) is 1. The molecule has 0 saturated carbocycles. The van der Waals surface area contributed by atoms with Gasteiger partial charge in [-0.05, 0) is 42.3 Å². The van der Waals surface area contributed by atoms with Crippen molar-refractivity contribution in [2.24, 2.45) is 0 Å². The number of aryl methyl sites for hydroxylation is 1. The Labute approximate surface area is 158 Å². The van der Waals surface area contributed by atoms with Crippen LogP contribution >= 0.6 is 11.3 Å². The fourth-order valence-corrected chi connectivity index (χ4v) is 3.52. The van der Waals surface area contributed by atoms with E-state index in [4.69, 9.17) is 0 Å². The summed E-state index contributed by atoms with van der Waals surface area (Å²) in [6.07, 6.45) is 4.49. The molecule has 0 bridgehead atoms. The van der Waals surface area contributed by atoms with Gasteiger partial charge in [0.2, 0.25) is 0 Å². The van der Waals surface area contributed by atoms with Crippen LogP contribution in [0.15, 0.2) is 42.6 Å². The van der Waals surface area contributed by atoms with Crippen LogP contribution in [0, 0.1) is 6.92 Å². The normalized spacial score (nSPS) is 11.0. The number of fused-ring (bicyclic) bond motifs is 1. The Kier molecular flexibility index (Phi) is 5.14. The van der Waals surface area contributed by atoms with Gasteiger partial charge in [-0.2, -0.15) is 0 Å². The number of hydrogen-bond acceptors (Lipinski definition) is 6. The van der Waals surface area contributed by atoms with Gasteiger partial charge < -0.3 is 9.84 Å². The van der Waals surface area contributed by atoms with E-state index in [0.29, 0.717) is 26.9 Å². The van der Waals surface area contributed by atoms with Crippen LogP contribution in [0.3, 0.4) is 0 Å². The number of carbonyl (C=O) groups is 3. The van der Waals surface area contributed by atoms with Crippen LogP contribution in [0.25, 0.3) is 16.3 Å². The highest BCUT2D eigenvalue weighted by Crippen LogP contribution is 2.30. The first kappa shape index (κ1) is 18.5. The predicted octanol–water partition coefficient (Wildman–Crippen LogP) is 3.99. The second-order valence-corrected chi connectivity index (χ2v) is 6.75. The van der Waals surface area contributed by atoms with Crippen LogP contribution in [-0.4, -0.2) is 34.9 Å². The van der Waals surface area contributed by atoms with Gasteiger partial charge in [0.15, 0.2) is 5.78 Å². The zero-order chi connectivity index (χ0) is 19.6. The number of pyridine rings is 1. The van der Waals surface area contributed by atoms with Gasteiger partial charge in [0, 0.05) is 17.1 Å². The molecule has 2 aromatic heterocycles. The highest BCUT2D eigenvalue weighted by atomic mass is 32.1. The summed E-state index contributed by atoms with van der Waals surface area (Å²) in [5, 5.41) is 9.87. The zero-order valence-corrected chi connectivity index (χ0v) is 15.4. The third-order valence-corrected chi connectivity index (χ3v) is 5.24. The Hall–Kier alpha value is -3.32. The second kappa shape index (κ2) is 7.51. The molecule has 0 fully saturated rings. The average Bonchev–Trinajstić information content (AvgIpc) is 3.02. The van der Waals surface area contributed by atoms with Gasteiger partial charge in [0.1, 0.15) is 9.71 Å². The quantitative estimate of drug-likeness (QED) is 0.408. The van der Waals surface area contributed by atoms with E-state index in [1.807, 2.05) is 0 Å². The smallest absolute Gasteiger partial charge is 0.346 e. The van der Waals surface area contributed by atoms with Crippen molar-refractivity contribution in [2.45, 2.75) is 6.92 Å². The van der Waals surface area contributed by atoms with Gasteiger partial charge in [-0.15, -0.1) is 11.3 Å². The van der Waals surface area contributed by atoms with Crippen molar-refractivity contribution in [1.82, 2.24) is 4.98 Å². The summed E-state index contributed by atoms with van der Waals surface area (Å²) in [5.41, 5.74) is 2.16. The number of carboxylic acids is 1. The van der Waals surface area contributed by atoms with E-state index in [0.717, 1.165) is 16.9 Å². The van der Waals surface area contributed by atoms with Gasteiger partial charge in [0.25, 0.3) is 0 Å². The number of nitrogens with zero attached hydrogens (tertiary/aromatic N) is 1. The molecule has 2 heterocycles. The minimum absolute atomic E-state index is 0.225. The lowest BCUT2D eigenvalue weighted by Crippen LogP contribution is -2.00.